The average Bonchev–Trinajstić information content (AvgIpc) is 2.91. The minimum Gasteiger partial charge on any atom is -0.493 e. The number of aromatic amines is 1. The molecular formula is C17H21N3O4S. The van der Waals surface area contributed by atoms with Gasteiger partial charge in [0.25, 0.3) is 0 Å². The van der Waals surface area contributed by atoms with E-state index in [1.807, 2.05) is 26.0 Å². The SMILES string of the molecule is COc1cc([C@@H]2S[C@@H](C)C(=O)Nc3n[nH]c(C)c32)cc(OC)c1OC. The quantitative estimate of drug-likeness (QED) is 0.869. The Morgan fingerprint density at radius 2 is 1.76 bits per heavy atom. The molecule has 2 atom stereocenters. The van der Waals surface area contributed by atoms with Gasteiger partial charge in [-0.1, -0.05) is 0 Å². The second-order valence-electron chi connectivity index (χ2n) is 5.72. The van der Waals surface area contributed by atoms with Crippen LogP contribution in [-0.2, 0) is 4.79 Å². The first-order valence-corrected chi connectivity index (χ1v) is 8.75. The number of aryl methyl sites for hydroxylation is 1. The monoisotopic (exact) mass is 363 g/mol. The molecule has 25 heavy (non-hydrogen) atoms. The maximum absolute atomic E-state index is 12.3. The zero-order chi connectivity index (χ0) is 18.1. The molecule has 3 rings (SSSR count). The molecule has 2 N–H and O–H groups in total. The fraction of sp³-hybridized carbons (Fsp3) is 0.412. The highest BCUT2D eigenvalue weighted by Gasteiger charge is 2.33. The lowest BCUT2D eigenvalue weighted by Gasteiger charge is -2.20. The number of hydrogen-bond acceptors (Lipinski definition) is 6. The Hall–Kier alpha value is -2.35. The fourth-order valence-electron chi connectivity index (χ4n) is 2.90. The van der Waals surface area contributed by atoms with Crippen molar-refractivity contribution in [1.29, 1.82) is 0 Å². The van der Waals surface area contributed by atoms with Crippen LogP contribution in [0.5, 0.6) is 17.2 Å². The summed E-state index contributed by atoms with van der Waals surface area (Å²) in [6.07, 6.45) is 0. The Labute approximate surface area is 150 Å². The Bertz CT molecular complexity index is 780. The normalized spacial score (nSPS) is 19.6. The maximum atomic E-state index is 12.3. The number of fused-ring (bicyclic) bond motifs is 1. The van der Waals surface area contributed by atoms with Crippen LogP contribution >= 0.6 is 11.8 Å². The molecule has 0 saturated heterocycles. The number of benzene rings is 1. The first-order chi connectivity index (χ1) is 12.0. The van der Waals surface area contributed by atoms with Crippen molar-refractivity contribution in [2.24, 2.45) is 0 Å². The molecule has 2 aromatic rings. The van der Waals surface area contributed by atoms with Gasteiger partial charge in [-0.25, -0.2) is 0 Å². The minimum absolute atomic E-state index is 0.0623. The molecule has 1 amide bonds. The summed E-state index contributed by atoms with van der Waals surface area (Å²) in [5, 5.41) is 9.75. The lowest BCUT2D eigenvalue weighted by Crippen LogP contribution is -2.21. The molecule has 0 radical (unpaired) electrons. The van der Waals surface area contributed by atoms with Crippen molar-refractivity contribution in [1.82, 2.24) is 10.2 Å². The molecule has 0 unspecified atom stereocenters. The molecule has 0 bridgehead atoms. The van der Waals surface area contributed by atoms with Crippen LogP contribution in [0.4, 0.5) is 5.82 Å². The van der Waals surface area contributed by atoms with E-state index in [9.17, 15) is 4.79 Å². The molecule has 0 saturated carbocycles. The van der Waals surface area contributed by atoms with E-state index in [0.29, 0.717) is 23.1 Å². The number of hydrogen-bond donors (Lipinski definition) is 2. The molecule has 2 heterocycles. The summed E-state index contributed by atoms with van der Waals surface area (Å²) >= 11 is 1.56. The van der Waals surface area contributed by atoms with Gasteiger partial charge in [-0.05, 0) is 31.5 Å². The van der Waals surface area contributed by atoms with Gasteiger partial charge in [0.2, 0.25) is 11.7 Å². The van der Waals surface area contributed by atoms with Crippen molar-refractivity contribution in [2.75, 3.05) is 26.6 Å². The van der Waals surface area contributed by atoms with Gasteiger partial charge < -0.3 is 19.5 Å². The predicted octanol–water partition coefficient (Wildman–Crippen LogP) is 2.91. The maximum Gasteiger partial charge on any atom is 0.238 e. The highest BCUT2D eigenvalue weighted by Crippen LogP contribution is 2.48. The van der Waals surface area contributed by atoms with Gasteiger partial charge in [0.15, 0.2) is 17.3 Å². The van der Waals surface area contributed by atoms with Crippen LogP contribution in [0.2, 0.25) is 0 Å². The summed E-state index contributed by atoms with van der Waals surface area (Å²) in [5.41, 5.74) is 2.82. The highest BCUT2D eigenvalue weighted by molar-refractivity contribution is 8.01. The van der Waals surface area contributed by atoms with Gasteiger partial charge >= 0.3 is 0 Å². The minimum atomic E-state index is -0.224. The van der Waals surface area contributed by atoms with Gasteiger partial charge in [0.1, 0.15) is 0 Å². The smallest absolute Gasteiger partial charge is 0.238 e. The van der Waals surface area contributed by atoms with E-state index in [1.54, 1.807) is 33.1 Å². The van der Waals surface area contributed by atoms with Crippen molar-refractivity contribution in [2.45, 2.75) is 24.3 Å². The summed E-state index contributed by atoms with van der Waals surface area (Å²) in [4.78, 5) is 12.3. The van der Waals surface area contributed by atoms with Crippen molar-refractivity contribution < 1.29 is 19.0 Å². The van der Waals surface area contributed by atoms with Crippen LogP contribution in [0.25, 0.3) is 0 Å². The summed E-state index contributed by atoms with van der Waals surface area (Å²) < 4.78 is 16.3. The summed E-state index contributed by atoms with van der Waals surface area (Å²) in [6, 6.07) is 3.83. The first kappa shape index (κ1) is 17.5. The Kier molecular flexibility index (Phi) is 4.80. The molecular weight excluding hydrogens is 342 g/mol. The molecule has 1 aliphatic rings. The van der Waals surface area contributed by atoms with Crippen molar-refractivity contribution in [3.8, 4) is 17.2 Å². The predicted molar refractivity (Wildman–Crippen MR) is 96.9 cm³/mol. The number of rotatable bonds is 4. The Morgan fingerprint density at radius 3 is 2.32 bits per heavy atom. The van der Waals surface area contributed by atoms with Gasteiger partial charge in [0, 0.05) is 11.3 Å². The topological polar surface area (TPSA) is 85.5 Å². The average molecular weight is 363 g/mol. The van der Waals surface area contributed by atoms with Crippen molar-refractivity contribution in [3.63, 3.8) is 0 Å². The molecule has 8 heteroatoms. The van der Waals surface area contributed by atoms with Crippen molar-refractivity contribution >= 4 is 23.5 Å². The number of methoxy groups -OCH3 is 3. The van der Waals surface area contributed by atoms with E-state index in [0.717, 1.165) is 16.8 Å². The van der Waals surface area contributed by atoms with E-state index >= 15 is 0 Å². The second kappa shape index (κ2) is 6.87. The summed E-state index contributed by atoms with van der Waals surface area (Å²) in [5.74, 6) is 2.21. The third kappa shape index (κ3) is 3.02. The van der Waals surface area contributed by atoms with Crippen molar-refractivity contribution in [3.05, 3.63) is 29.0 Å². The van der Waals surface area contributed by atoms with Gasteiger partial charge in [0.05, 0.1) is 31.8 Å². The number of nitrogens with zero attached hydrogens (tertiary/aromatic N) is 1. The number of ether oxygens (including phenoxy) is 3. The summed E-state index contributed by atoms with van der Waals surface area (Å²) in [7, 11) is 4.75. The van der Waals surface area contributed by atoms with Crippen LogP contribution < -0.4 is 19.5 Å². The Balaban J connectivity index is 2.17. The van der Waals surface area contributed by atoms with Gasteiger partial charge in [-0.2, -0.15) is 5.10 Å². The molecule has 134 valence electrons. The molecule has 1 aromatic carbocycles. The number of nitrogens with one attached hydrogen (secondary N) is 2. The number of carbonyl (C=O) groups is 1. The van der Waals surface area contributed by atoms with E-state index in [-0.39, 0.29) is 16.4 Å². The Morgan fingerprint density at radius 1 is 1.12 bits per heavy atom. The van der Waals surface area contributed by atoms with Gasteiger partial charge in [-0.15, -0.1) is 11.8 Å². The van der Waals surface area contributed by atoms with Crippen LogP contribution in [0.1, 0.15) is 29.0 Å². The summed E-state index contributed by atoms with van der Waals surface area (Å²) in [6.45, 7) is 3.83. The zero-order valence-corrected chi connectivity index (χ0v) is 15.6. The van der Waals surface area contributed by atoms with Crippen LogP contribution in [0.15, 0.2) is 12.1 Å². The van der Waals surface area contributed by atoms with E-state index < -0.39 is 0 Å². The number of amides is 1. The molecule has 0 spiro atoms. The van der Waals surface area contributed by atoms with E-state index in [4.69, 9.17) is 14.2 Å². The van der Waals surface area contributed by atoms with Crippen LogP contribution in [0, 0.1) is 6.92 Å². The number of anilines is 1. The largest absolute Gasteiger partial charge is 0.493 e. The highest BCUT2D eigenvalue weighted by atomic mass is 32.2. The second-order valence-corrected chi connectivity index (χ2v) is 7.17. The third-order valence-electron chi connectivity index (χ3n) is 4.20. The number of H-pyrrole nitrogens is 1. The molecule has 1 aliphatic heterocycles. The molecule has 0 fully saturated rings. The number of aromatic nitrogens is 2. The van der Waals surface area contributed by atoms with Crippen LogP contribution in [0.3, 0.4) is 0 Å². The van der Waals surface area contributed by atoms with Crippen LogP contribution in [-0.4, -0.2) is 42.7 Å². The molecule has 7 nitrogen and oxygen atoms in total. The molecule has 1 aromatic heterocycles. The number of thioether (sulfide) groups is 1. The zero-order valence-electron chi connectivity index (χ0n) is 14.8. The lowest BCUT2D eigenvalue weighted by molar-refractivity contribution is -0.115. The number of carbonyl (C=O) groups excluding carboxylic acids is 1. The molecule has 0 aliphatic carbocycles. The fourth-order valence-corrected chi connectivity index (χ4v) is 4.21. The lowest BCUT2D eigenvalue weighted by atomic mass is 10.0. The van der Waals surface area contributed by atoms with E-state index in [2.05, 4.69) is 15.5 Å². The van der Waals surface area contributed by atoms with E-state index in [1.165, 1.54) is 0 Å². The van der Waals surface area contributed by atoms with Gasteiger partial charge in [-0.3, -0.25) is 9.89 Å². The standard InChI is InChI=1S/C17H21N3O4S/c1-8-13-15(25-9(2)17(21)18-16(13)20-19-8)10-6-11(22-3)14(24-5)12(7-10)23-4/h6-7,9,15H,1-5H3,(H2,18,19,20,21)/t9-,15-/m0/s1. The first-order valence-electron chi connectivity index (χ1n) is 7.81. The third-order valence-corrected chi connectivity index (χ3v) is 5.60.